The van der Waals surface area contributed by atoms with Crippen molar-refractivity contribution in [1.82, 2.24) is 0 Å². The van der Waals surface area contributed by atoms with Crippen LogP contribution in [0.4, 0.5) is 5.69 Å². The topological polar surface area (TPSA) is 62.0 Å². The highest BCUT2D eigenvalue weighted by Crippen LogP contribution is 2.31. The van der Waals surface area contributed by atoms with Crippen LogP contribution in [0.2, 0.25) is 0 Å². The van der Waals surface area contributed by atoms with Gasteiger partial charge in [-0.2, -0.15) is 0 Å². The van der Waals surface area contributed by atoms with Crippen molar-refractivity contribution >= 4 is 22.6 Å². The van der Waals surface area contributed by atoms with E-state index >= 15 is 0 Å². The molecule has 0 aliphatic carbocycles. The number of likely N-dealkylation sites (N-methyl/N-ethyl adjacent to an activating group) is 1. The van der Waals surface area contributed by atoms with Crippen LogP contribution in [0.1, 0.15) is 17.7 Å². The predicted octanol–water partition coefficient (Wildman–Crippen LogP) is -1.02. The number of carbonyl (C=O) groups excluding carboxylic acids is 1. The molecule has 122 valence electrons. The Bertz CT molecular complexity index is 722. The van der Waals surface area contributed by atoms with Crippen molar-refractivity contribution in [2.75, 3.05) is 38.1 Å². The van der Waals surface area contributed by atoms with E-state index in [4.69, 9.17) is 0 Å². The molecule has 2 heterocycles. The molecule has 1 aliphatic rings. The number of benzene rings is 1. The average Bonchev–Trinajstić information content (AvgIpc) is 2.53. The minimum Gasteiger partial charge on any atom is -0.550 e. The van der Waals surface area contributed by atoms with Crippen LogP contribution in [0.3, 0.4) is 0 Å². The lowest BCUT2D eigenvalue weighted by Gasteiger charge is -2.33. The SMILES string of the molecule is Cc1[nH+]c2ccccc2c(N2CC[NH+](C)CC2)c1CCC(=O)[O-]. The number of fused-ring (bicyclic) bond motifs is 1. The number of piperazine rings is 1. The Balaban J connectivity index is 2.09. The van der Waals surface area contributed by atoms with E-state index in [9.17, 15) is 9.90 Å². The molecule has 0 atom stereocenters. The lowest BCUT2D eigenvalue weighted by Crippen LogP contribution is -3.12. The van der Waals surface area contributed by atoms with Crippen molar-refractivity contribution in [3.05, 3.63) is 35.5 Å². The fraction of sp³-hybridized carbons (Fsp3) is 0.444. The molecule has 0 unspecified atom stereocenters. The van der Waals surface area contributed by atoms with Gasteiger partial charge in [0.2, 0.25) is 5.52 Å². The van der Waals surface area contributed by atoms with Gasteiger partial charge in [0.05, 0.1) is 44.3 Å². The summed E-state index contributed by atoms with van der Waals surface area (Å²) in [5, 5.41) is 12.1. The summed E-state index contributed by atoms with van der Waals surface area (Å²) >= 11 is 0. The van der Waals surface area contributed by atoms with Crippen LogP contribution in [-0.4, -0.2) is 39.2 Å². The number of nitrogens with zero attached hydrogens (tertiary/aromatic N) is 1. The number of H-pyrrole nitrogens is 1. The van der Waals surface area contributed by atoms with Crippen molar-refractivity contribution in [1.29, 1.82) is 0 Å². The lowest BCUT2D eigenvalue weighted by atomic mass is 10.00. The largest absolute Gasteiger partial charge is 0.550 e. The van der Waals surface area contributed by atoms with Gasteiger partial charge < -0.3 is 19.7 Å². The summed E-state index contributed by atoms with van der Waals surface area (Å²) in [6, 6.07) is 8.26. The van der Waals surface area contributed by atoms with Gasteiger partial charge in [0.15, 0.2) is 5.69 Å². The zero-order valence-corrected chi connectivity index (χ0v) is 13.8. The molecule has 1 aliphatic heterocycles. The number of nitrogens with one attached hydrogen (secondary N) is 2. The van der Waals surface area contributed by atoms with Crippen LogP contribution in [0.5, 0.6) is 0 Å². The van der Waals surface area contributed by atoms with Crippen LogP contribution in [0, 0.1) is 6.92 Å². The van der Waals surface area contributed by atoms with Gasteiger partial charge in [-0.25, -0.2) is 4.98 Å². The number of aromatic amines is 1. The summed E-state index contributed by atoms with van der Waals surface area (Å²) in [4.78, 5) is 18.3. The van der Waals surface area contributed by atoms with Crippen LogP contribution in [0.25, 0.3) is 10.9 Å². The number of anilines is 1. The van der Waals surface area contributed by atoms with E-state index in [1.807, 2.05) is 19.1 Å². The van der Waals surface area contributed by atoms with E-state index in [0.29, 0.717) is 6.42 Å². The standard InChI is InChI=1S/C18H23N3O2/c1-13-14(7-8-17(22)23)18(21-11-9-20(2)10-12-21)15-5-3-4-6-16(15)19-13/h3-6H,7-12H2,1-2H3,(H,22,23)/p+1. The molecule has 2 N–H and O–H groups in total. The number of quaternary nitrogens is 1. The first-order valence-electron chi connectivity index (χ1n) is 8.26. The predicted molar refractivity (Wildman–Crippen MR) is 87.4 cm³/mol. The van der Waals surface area contributed by atoms with Crippen LogP contribution >= 0.6 is 0 Å². The first-order chi connectivity index (χ1) is 11.1. The molecular weight excluding hydrogens is 290 g/mol. The zero-order valence-electron chi connectivity index (χ0n) is 13.8. The molecule has 1 fully saturated rings. The second kappa shape index (κ2) is 6.54. The second-order valence-corrected chi connectivity index (χ2v) is 6.44. The molecular formula is C18H24N3O2+. The minimum absolute atomic E-state index is 0.0546. The first kappa shape index (κ1) is 15.7. The number of carboxylic acids is 1. The molecule has 3 rings (SSSR count). The highest BCUT2D eigenvalue weighted by Gasteiger charge is 2.25. The molecule has 5 heteroatoms. The van der Waals surface area contributed by atoms with Crippen molar-refractivity contribution in [2.24, 2.45) is 0 Å². The van der Waals surface area contributed by atoms with Crippen molar-refractivity contribution in [2.45, 2.75) is 19.8 Å². The molecule has 2 aromatic rings. The number of aryl methyl sites for hydroxylation is 1. The summed E-state index contributed by atoms with van der Waals surface area (Å²) < 4.78 is 0. The quantitative estimate of drug-likeness (QED) is 0.786. The molecule has 0 saturated carbocycles. The van der Waals surface area contributed by atoms with Crippen molar-refractivity contribution in [3.63, 3.8) is 0 Å². The number of aliphatic carboxylic acids is 1. The normalized spacial score (nSPS) is 16.0. The highest BCUT2D eigenvalue weighted by atomic mass is 16.4. The number of carbonyl (C=O) groups is 1. The molecule has 0 radical (unpaired) electrons. The van der Waals surface area contributed by atoms with Gasteiger partial charge in [-0.05, 0) is 18.9 Å². The van der Waals surface area contributed by atoms with E-state index in [1.165, 1.54) is 11.1 Å². The Hall–Kier alpha value is -2.14. The highest BCUT2D eigenvalue weighted by molar-refractivity contribution is 5.92. The number of hydrogen-bond acceptors (Lipinski definition) is 3. The van der Waals surface area contributed by atoms with Crippen LogP contribution in [0.15, 0.2) is 24.3 Å². The van der Waals surface area contributed by atoms with E-state index in [0.717, 1.165) is 43.0 Å². The van der Waals surface area contributed by atoms with E-state index < -0.39 is 5.97 Å². The Labute approximate surface area is 136 Å². The Morgan fingerprint density at radius 1 is 1.30 bits per heavy atom. The molecule has 23 heavy (non-hydrogen) atoms. The maximum atomic E-state index is 10.9. The van der Waals surface area contributed by atoms with E-state index in [2.05, 4.69) is 29.1 Å². The second-order valence-electron chi connectivity index (χ2n) is 6.44. The maximum absolute atomic E-state index is 10.9. The summed E-state index contributed by atoms with van der Waals surface area (Å²) in [6.45, 7) is 6.23. The van der Waals surface area contributed by atoms with Crippen LogP contribution < -0.4 is 19.9 Å². The van der Waals surface area contributed by atoms with Crippen molar-refractivity contribution < 1.29 is 19.8 Å². The summed E-state index contributed by atoms with van der Waals surface area (Å²) in [6.07, 6.45) is 0.559. The molecule has 0 bridgehead atoms. The molecule has 1 aromatic carbocycles. The number of hydrogen-bond donors (Lipinski definition) is 1. The molecule has 1 saturated heterocycles. The monoisotopic (exact) mass is 314 g/mol. The maximum Gasteiger partial charge on any atom is 0.213 e. The third-order valence-electron chi connectivity index (χ3n) is 4.76. The van der Waals surface area contributed by atoms with Gasteiger partial charge in [-0.3, -0.25) is 0 Å². The number of pyridine rings is 1. The lowest BCUT2D eigenvalue weighted by molar-refractivity contribution is -0.880. The number of para-hydroxylation sites is 1. The number of rotatable bonds is 4. The summed E-state index contributed by atoms with van der Waals surface area (Å²) in [5.41, 5.74) is 4.45. The van der Waals surface area contributed by atoms with Gasteiger partial charge in [-0.1, -0.05) is 12.1 Å². The summed E-state index contributed by atoms with van der Waals surface area (Å²) in [5.74, 6) is -0.994. The molecule has 5 nitrogen and oxygen atoms in total. The number of aromatic nitrogens is 1. The average molecular weight is 314 g/mol. The first-order valence-corrected chi connectivity index (χ1v) is 8.26. The van der Waals surface area contributed by atoms with Gasteiger partial charge >= 0.3 is 0 Å². The minimum atomic E-state index is -0.994. The fourth-order valence-corrected chi connectivity index (χ4v) is 3.42. The third-order valence-corrected chi connectivity index (χ3v) is 4.76. The zero-order chi connectivity index (χ0) is 16.4. The third kappa shape index (κ3) is 3.29. The Morgan fingerprint density at radius 2 is 2.00 bits per heavy atom. The fourth-order valence-electron chi connectivity index (χ4n) is 3.42. The molecule has 0 spiro atoms. The molecule has 0 amide bonds. The van der Waals surface area contributed by atoms with Gasteiger partial charge in [0.25, 0.3) is 0 Å². The smallest absolute Gasteiger partial charge is 0.213 e. The van der Waals surface area contributed by atoms with E-state index in [1.54, 1.807) is 4.90 Å². The van der Waals surface area contributed by atoms with Gasteiger partial charge in [0, 0.05) is 24.5 Å². The molecule has 1 aromatic heterocycles. The van der Waals surface area contributed by atoms with E-state index in [-0.39, 0.29) is 6.42 Å². The van der Waals surface area contributed by atoms with Crippen LogP contribution in [-0.2, 0) is 11.2 Å². The van der Waals surface area contributed by atoms with Crippen molar-refractivity contribution in [3.8, 4) is 0 Å². The van der Waals surface area contributed by atoms with Gasteiger partial charge in [-0.15, -0.1) is 0 Å². The summed E-state index contributed by atoms with van der Waals surface area (Å²) in [7, 11) is 2.22. The Kier molecular flexibility index (Phi) is 4.48. The number of carboxylic acid groups (broad SMARTS) is 1. The van der Waals surface area contributed by atoms with Gasteiger partial charge in [0.1, 0.15) is 0 Å². The Morgan fingerprint density at radius 3 is 2.70 bits per heavy atom.